The minimum absolute atomic E-state index is 0.193. The van der Waals surface area contributed by atoms with Crippen LogP contribution in [-0.4, -0.2) is 36.5 Å². The Morgan fingerprint density at radius 2 is 2.15 bits per heavy atom. The third-order valence-corrected chi connectivity index (χ3v) is 4.86. The van der Waals surface area contributed by atoms with Crippen LogP contribution in [0.3, 0.4) is 0 Å². The normalized spacial score (nSPS) is 15.7. The van der Waals surface area contributed by atoms with Gasteiger partial charge in [-0.15, -0.1) is 0 Å². The van der Waals surface area contributed by atoms with Crippen molar-refractivity contribution in [3.8, 4) is 0 Å². The molecule has 0 radical (unpaired) electrons. The predicted octanol–water partition coefficient (Wildman–Crippen LogP) is 0.680. The van der Waals surface area contributed by atoms with Crippen LogP contribution in [-0.2, 0) is 23.6 Å². The van der Waals surface area contributed by atoms with E-state index in [2.05, 4.69) is 15.1 Å². The third kappa shape index (κ3) is 5.22. The Kier molecular flexibility index (Phi) is 5.17. The van der Waals surface area contributed by atoms with Gasteiger partial charge in [0.15, 0.2) is 0 Å². The number of hydrogen-bond donors (Lipinski definition) is 2. The summed E-state index contributed by atoms with van der Waals surface area (Å²) in [6, 6.07) is 0.693. The first kappa shape index (κ1) is 15.5. The van der Waals surface area contributed by atoms with E-state index in [1.165, 1.54) is 12.8 Å². The molecule has 114 valence electrons. The van der Waals surface area contributed by atoms with Gasteiger partial charge in [0.2, 0.25) is 10.0 Å². The van der Waals surface area contributed by atoms with Crippen molar-refractivity contribution in [2.45, 2.75) is 45.2 Å². The molecule has 1 aromatic rings. The third-order valence-electron chi connectivity index (χ3n) is 3.45. The van der Waals surface area contributed by atoms with Crippen molar-refractivity contribution in [1.82, 2.24) is 19.8 Å². The molecule has 1 saturated carbocycles. The topological polar surface area (TPSA) is 76.0 Å². The van der Waals surface area contributed by atoms with E-state index in [1.807, 2.05) is 20.2 Å². The number of aryl methyl sites for hydroxylation is 2. The quantitative estimate of drug-likeness (QED) is 0.658. The first-order chi connectivity index (χ1) is 9.46. The SMILES string of the molecule is Cc1nn(C)cc1CNS(=O)(=O)CCCCNC1CC1. The molecular weight excluding hydrogens is 276 g/mol. The minimum Gasteiger partial charge on any atom is -0.314 e. The van der Waals surface area contributed by atoms with Crippen LogP contribution in [0.5, 0.6) is 0 Å². The molecule has 0 saturated heterocycles. The second kappa shape index (κ2) is 6.69. The van der Waals surface area contributed by atoms with Gasteiger partial charge in [-0.25, -0.2) is 13.1 Å². The van der Waals surface area contributed by atoms with E-state index in [4.69, 9.17) is 0 Å². The van der Waals surface area contributed by atoms with Gasteiger partial charge in [-0.2, -0.15) is 5.10 Å². The van der Waals surface area contributed by atoms with Crippen molar-refractivity contribution in [2.24, 2.45) is 7.05 Å². The summed E-state index contributed by atoms with van der Waals surface area (Å²) in [5.74, 6) is 0.193. The van der Waals surface area contributed by atoms with E-state index < -0.39 is 10.0 Å². The summed E-state index contributed by atoms with van der Waals surface area (Å²) in [5.41, 5.74) is 1.79. The fourth-order valence-electron chi connectivity index (χ4n) is 2.09. The molecule has 1 heterocycles. The summed E-state index contributed by atoms with van der Waals surface area (Å²) in [6.07, 6.45) is 5.98. The van der Waals surface area contributed by atoms with Crippen molar-refractivity contribution < 1.29 is 8.42 Å². The summed E-state index contributed by atoms with van der Waals surface area (Å²) < 4.78 is 28.1. The minimum atomic E-state index is -3.19. The van der Waals surface area contributed by atoms with E-state index in [0.717, 1.165) is 24.2 Å². The van der Waals surface area contributed by atoms with Gasteiger partial charge in [0.05, 0.1) is 11.4 Å². The molecule has 1 aliphatic carbocycles. The fraction of sp³-hybridized carbons (Fsp3) is 0.769. The lowest BCUT2D eigenvalue weighted by Gasteiger charge is -2.06. The van der Waals surface area contributed by atoms with Crippen molar-refractivity contribution in [1.29, 1.82) is 0 Å². The summed E-state index contributed by atoms with van der Waals surface area (Å²) in [4.78, 5) is 0. The molecule has 20 heavy (non-hydrogen) atoms. The standard InChI is InChI=1S/C13H24N4O2S/c1-11-12(10-17(2)16-11)9-15-20(18,19)8-4-3-7-14-13-5-6-13/h10,13-15H,3-9H2,1-2H3. The zero-order valence-electron chi connectivity index (χ0n) is 12.2. The highest BCUT2D eigenvalue weighted by Crippen LogP contribution is 2.18. The van der Waals surface area contributed by atoms with Crippen molar-refractivity contribution in [2.75, 3.05) is 12.3 Å². The summed E-state index contributed by atoms with van der Waals surface area (Å²) in [7, 11) is -1.36. The molecule has 1 aliphatic rings. The van der Waals surface area contributed by atoms with Crippen LogP contribution in [0.2, 0.25) is 0 Å². The zero-order valence-corrected chi connectivity index (χ0v) is 13.0. The second-order valence-electron chi connectivity index (χ2n) is 5.49. The Morgan fingerprint density at radius 1 is 1.40 bits per heavy atom. The molecule has 0 aliphatic heterocycles. The molecular formula is C13H24N4O2S. The lowest BCUT2D eigenvalue weighted by molar-refractivity contribution is 0.572. The van der Waals surface area contributed by atoms with Crippen LogP contribution in [0.4, 0.5) is 0 Å². The number of sulfonamides is 1. The Hall–Kier alpha value is -0.920. The van der Waals surface area contributed by atoms with Crippen LogP contribution in [0.25, 0.3) is 0 Å². The van der Waals surface area contributed by atoms with Gasteiger partial charge in [0.1, 0.15) is 0 Å². The highest BCUT2D eigenvalue weighted by Gasteiger charge is 2.19. The smallest absolute Gasteiger partial charge is 0.211 e. The molecule has 2 rings (SSSR count). The fourth-order valence-corrected chi connectivity index (χ4v) is 3.20. The number of nitrogens with zero attached hydrogens (tertiary/aromatic N) is 2. The monoisotopic (exact) mass is 300 g/mol. The molecule has 0 aromatic carbocycles. The molecule has 7 heteroatoms. The van der Waals surface area contributed by atoms with E-state index in [-0.39, 0.29) is 5.75 Å². The molecule has 0 bridgehead atoms. The van der Waals surface area contributed by atoms with E-state index in [1.54, 1.807) is 4.68 Å². The van der Waals surface area contributed by atoms with Gasteiger partial charge in [-0.05, 0) is 39.2 Å². The Labute approximate surface area is 121 Å². The molecule has 0 unspecified atom stereocenters. The maximum absolute atomic E-state index is 11.9. The summed E-state index contributed by atoms with van der Waals surface area (Å²) >= 11 is 0. The number of rotatable bonds is 9. The van der Waals surface area contributed by atoms with Gasteiger partial charge >= 0.3 is 0 Å². The molecule has 6 nitrogen and oxygen atoms in total. The van der Waals surface area contributed by atoms with E-state index >= 15 is 0 Å². The number of aromatic nitrogens is 2. The van der Waals surface area contributed by atoms with Crippen molar-refractivity contribution >= 4 is 10.0 Å². The Balaban J connectivity index is 1.66. The van der Waals surface area contributed by atoms with E-state index in [0.29, 0.717) is 19.0 Å². The number of hydrogen-bond acceptors (Lipinski definition) is 4. The lowest BCUT2D eigenvalue weighted by atomic mass is 10.3. The van der Waals surface area contributed by atoms with Gasteiger partial charge in [0, 0.05) is 31.4 Å². The lowest BCUT2D eigenvalue weighted by Crippen LogP contribution is -2.26. The molecule has 2 N–H and O–H groups in total. The van der Waals surface area contributed by atoms with Crippen LogP contribution in [0.15, 0.2) is 6.20 Å². The number of unbranched alkanes of at least 4 members (excludes halogenated alkanes) is 1. The van der Waals surface area contributed by atoms with E-state index in [9.17, 15) is 8.42 Å². The van der Waals surface area contributed by atoms with Crippen molar-refractivity contribution in [3.63, 3.8) is 0 Å². The van der Waals surface area contributed by atoms with Gasteiger partial charge < -0.3 is 5.32 Å². The number of nitrogens with one attached hydrogen (secondary N) is 2. The van der Waals surface area contributed by atoms with Crippen LogP contribution < -0.4 is 10.0 Å². The maximum atomic E-state index is 11.9. The first-order valence-corrected chi connectivity index (χ1v) is 8.81. The molecule has 0 amide bonds. The average molecular weight is 300 g/mol. The maximum Gasteiger partial charge on any atom is 0.211 e. The van der Waals surface area contributed by atoms with Gasteiger partial charge in [-0.3, -0.25) is 4.68 Å². The van der Waals surface area contributed by atoms with Crippen LogP contribution >= 0.6 is 0 Å². The molecule has 0 spiro atoms. The van der Waals surface area contributed by atoms with Gasteiger partial charge in [-0.1, -0.05) is 0 Å². The molecule has 0 atom stereocenters. The molecule has 1 aromatic heterocycles. The predicted molar refractivity (Wildman–Crippen MR) is 78.8 cm³/mol. The average Bonchev–Trinajstić information content (AvgIpc) is 3.12. The largest absolute Gasteiger partial charge is 0.314 e. The van der Waals surface area contributed by atoms with Gasteiger partial charge in [0.25, 0.3) is 0 Å². The highest BCUT2D eigenvalue weighted by atomic mass is 32.2. The van der Waals surface area contributed by atoms with Crippen LogP contribution in [0, 0.1) is 6.92 Å². The Morgan fingerprint density at radius 3 is 2.75 bits per heavy atom. The summed E-state index contributed by atoms with van der Waals surface area (Å²) in [6.45, 7) is 3.12. The van der Waals surface area contributed by atoms with Crippen LogP contribution in [0.1, 0.15) is 36.9 Å². The zero-order chi connectivity index (χ0) is 14.6. The molecule has 1 fully saturated rings. The Bertz CT molecular complexity index is 535. The first-order valence-electron chi connectivity index (χ1n) is 7.16. The van der Waals surface area contributed by atoms with Crippen molar-refractivity contribution in [3.05, 3.63) is 17.5 Å². The highest BCUT2D eigenvalue weighted by molar-refractivity contribution is 7.89. The second-order valence-corrected chi connectivity index (χ2v) is 7.42. The summed E-state index contributed by atoms with van der Waals surface area (Å²) in [5, 5.41) is 7.58.